The van der Waals surface area contributed by atoms with Crippen LogP contribution < -0.4 is 0 Å². The first kappa shape index (κ1) is 15.5. The van der Waals surface area contributed by atoms with Crippen LogP contribution in [0.3, 0.4) is 0 Å². The lowest BCUT2D eigenvalue weighted by molar-refractivity contribution is 0.0874. The molecule has 1 fully saturated rings. The number of carbonyl (C=O) groups excluding carboxylic acids is 1. The molecule has 0 unspecified atom stereocenters. The summed E-state index contributed by atoms with van der Waals surface area (Å²) in [6, 6.07) is 8.61. The lowest BCUT2D eigenvalue weighted by Gasteiger charge is -2.34. The van der Waals surface area contributed by atoms with Gasteiger partial charge >= 0.3 is 0 Å². The summed E-state index contributed by atoms with van der Waals surface area (Å²) >= 11 is 1.70. The Balaban J connectivity index is 1.85. The van der Waals surface area contributed by atoms with Gasteiger partial charge in [0.2, 0.25) is 0 Å². The average molecular weight is 292 g/mol. The molecule has 0 amide bonds. The maximum Gasteiger partial charge on any atom is 0.176 e. The molecular weight excluding hydrogens is 268 g/mol. The quantitative estimate of drug-likeness (QED) is 0.615. The summed E-state index contributed by atoms with van der Waals surface area (Å²) in [5.74, 6) is 0.237. The molecule has 1 aliphatic heterocycles. The number of likely N-dealkylation sites (tertiary alicyclic amines) is 1. The third-order valence-corrected chi connectivity index (χ3v) is 4.81. The molecule has 4 heteroatoms. The van der Waals surface area contributed by atoms with E-state index in [1.165, 1.54) is 4.90 Å². The van der Waals surface area contributed by atoms with E-state index < -0.39 is 0 Å². The molecule has 1 heterocycles. The maximum absolute atomic E-state index is 12.3. The molecule has 2 rings (SSSR count). The van der Waals surface area contributed by atoms with Crippen LogP contribution >= 0.6 is 11.8 Å². The Morgan fingerprint density at radius 3 is 2.35 bits per heavy atom. The fraction of sp³-hybridized carbons (Fsp3) is 0.562. The van der Waals surface area contributed by atoms with E-state index in [0.29, 0.717) is 12.6 Å². The van der Waals surface area contributed by atoms with Gasteiger partial charge in [0, 0.05) is 29.6 Å². The second kappa shape index (κ2) is 7.25. The van der Waals surface area contributed by atoms with Crippen LogP contribution in [-0.4, -0.2) is 61.6 Å². The van der Waals surface area contributed by atoms with E-state index in [1.54, 1.807) is 11.8 Å². The van der Waals surface area contributed by atoms with Crippen molar-refractivity contribution in [1.82, 2.24) is 9.80 Å². The molecule has 0 saturated carbocycles. The van der Waals surface area contributed by atoms with Crippen LogP contribution in [0.4, 0.5) is 0 Å². The Morgan fingerprint density at radius 1 is 1.25 bits per heavy atom. The van der Waals surface area contributed by atoms with Gasteiger partial charge in [-0.15, -0.1) is 11.8 Å². The Bertz CT molecular complexity index is 436. The highest BCUT2D eigenvalue weighted by Gasteiger charge is 2.22. The molecule has 1 saturated heterocycles. The van der Waals surface area contributed by atoms with Crippen molar-refractivity contribution < 1.29 is 4.79 Å². The normalized spacial score (nSPS) is 17.6. The monoisotopic (exact) mass is 292 g/mol. The van der Waals surface area contributed by atoms with Crippen molar-refractivity contribution in [3.63, 3.8) is 0 Å². The van der Waals surface area contributed by atoms with Crippen molar-refractivity contribution in [2.24, 2.45) is 0 Å². The minimum Gasteiger partial charge on any atom is -0.306 e. The number of piperidine rings is 1. The number of hydrogen-bond donors (Lipinski definition) is 0. The summed E-state index contributed by atoms with van der Waals surface area (Å²) in [7, 11) is 4.28. The van der Waals surface area contributed by atoms with Gasteiger partial charge in [0.1, 0.15) is 0 Å². The summed E-state index contributed by atoms with van der Waals surface area (Å²) in [6.07, 6.45) is 4.36. The fourth-order valence-electron chi connectivity index (χ4n) is 2.67. The van der Waals surface area contributed by atoms with Crippen molar-refractivity contribution in [2.75, 3.05) is 40.0 Å². The van der Waals surface area contributed by atoms with Crippen LogP contribution in [0.15, 0.2) is 29.2 Å². The zero-order valence-electron chi connectivity index (χ0n) is 12.6. The van der Waals surface area contributed by atoms with E-state index in [4.69, 9.17) is 0 Å². The molecule has 0 N–H and O–H groups in total. The van der Waals surface area contributed by atoms with E-state index >= 15 is 0 Å². The lowest BCUT2D eigenvalue weighted by Crippen LogP contribution is -2.43. The minimum atomic E-state index is 0.237. The van der Waals surface area contributed by atoms with Crippen LogP contribution in [0, 0.1) is 0 Å². The highest BCUT2D eigenvalue weighted by atomic mass is 32.2. The second-order valence-electron chi connectivity index (χ2n) is 5.62. The number of Topliss-reactive ketones (excluding diaryl/α,β-unsaturated/α-hetero) is 1. The smallest absolute Gasteiger partial charge is 0.176 e. The number of carbonyl (C=O) groups is 1. The Labute approximate surface area is 126 Å². The maximum atomic E-state index is 12.3. The molecule has 3 nitrogen and oxygen atoms in total. The molecule has 0 aromatic heterocycles. The number of thioether (sulfide) groups is 1. The van der Waals surface area contributed by atoms with E-state index in [9.17, 15) is 4.79 Å². The number of rotatable bonds is 5. The van der Waals surface area contributed by atoms with Crippen molar-refractivity contribution in [3.05, 3.63) is 29.8 Å². The molecule has 0 aliphatic carbocycles. The molecule has 1 aromatic carbocycles. The summed E-state index contributed by atoms with van der Waals surface area (Å²) < 4.78 is 0. The van der Waals surface area contributed by atoms with Gasteiger partial charge in [-0.25, -0.2) is 0 Å². The topological polar surface area (TPSA) is 23.6 Å². The predicted molar refractivity (Wildman–Crippen MR) is 85.7 cm³/mol. The van der Waals surface area contributed by atoms with Crippen molar-refractivity contribution in [1.29, 1.82) is 0 Å². The predicted octanol–water partition coefficient (Wildman–Crippen LogP) is 2.62. The summed E-state index contributed by atoms with van der Waals surface area (Å²) in [5.41, 5.74) is 0.831. The van der Waals surface area contributed by atoms with Gasteiger partial charge in [-0.3, -0.25) is 9.69 Å². The highest BCUT2D eigenvalue weighted by Crippen LogP contribution is 2.17. The van der Waals surface area contributed by atoms with Gasteiger partial charge in [0.05, 0.1) is 6.54 Å². The average Bonchev–Trinajstić information content (AvgIpc) is 2.48. The van der Waals surface area contributed by atoms with Gasteiger partial charge in [0.15, 0.2) is 5.78 Å². The molecule has 0 radical (unpaired) electrons. The molecule has 1 aromatic rings. The largest absolute Gasteiger partial charge is 0.306 e. The van der Waals surface area contributed by atoms with E-state index in [0.717, 1.165) is 31.5 Å². The molecule has 20 heavy (non-hydrogen) atoms. The van der Waals surface area contributed by atoms with Crippen LogP contribution in [0.25, 0.3) is 0 Å². The summed E-state index contributed by atoms with van der Waals surface area (Å²) in [4.78, 5) is 18.0. The highest BCUT2D eigenvalue weighted by molar-refractivity contribution is 7.98. The van der Waals surface area contributed by atoms with Crippen molar-refractivity contribution in [2.45, 2.75) is 23.8 Å². The molecule has 0 bridgehead atoms. The molecular formula is C16H24N2OS. The number of benzene rings is 1. The van der Waals surface area contributed by atoms with Crippen LogP contribution in [0.1, 0.15) is 23.2 Å². The third kappa shape index (κ3) is 4.08. The molecule has 1 aliphatic rings. The van der Waals surface area contributed by atoms with Gasteiger partial charge < -0.3 is 4.90 Å². The van der Waals surface area contributed by atoms with Crippen LogP contribution in [0.2, 0.25) is 0 Å². The lowest BCUT2D eigenvalue weighted by atomic mass is 10.0. The summed E-state index contributed by atoms with van der Waals surface area (Å²) in [5, 5.41) is 0. The number of hydrogen-bond acceptors (Lipinski definition) is 4. The first-order valence-electron chi connectivity index (χ1n) is 7.16. The number of nitrogens with zero attached hydrogens (tertiary/aromatic N) is 2. The van der Waals surface area contributed by atoms with Gasteiger partial charge in [-0.1, -0.05) is 12.1 Å². The Kier molecular flexibility index (Phi) is 5.64. The SMILES string of the molecule is CSc1ccc(C(=O)CN2CCC(N(C)C)CC2)cc1. The van der Waals surface area contributed by atoms with E-state index in [2.05, 4.69) is 23.9 Å². The third-order valence-electron chi connectivity index (χ3n) is 4.07. The summed E-state index contributed by atoms with van der Waals surface area (Å²) in [6.45, 7) is 2.60. The standard InChI is InChI=1S/C16H24N2OS/c1-17(2)14-8-10-18(11-9-14)12-16(19)13-4-6-15(20-3)7-5-13/h4-7,14H,8-12H2,1-3H3. The molecule has 0 atom stereocenters. The first-order chi connectivity index (χ1) is 9.60. The first-order valence-corrected chi connectivity index (χ1v) is 8.38. The molecule has 0 spiro atoms. The van der Waals surface area contributed by atoms with E-state index in [-0.39, 0.29) is 5.78 Å². The van der Waals surface area contributed by atoms with Gasteiger partial charge in [0.25, 0.3) is 0 Å². The van der Waals surface area contributed by atoms with Crippen molar-refractivity contribution in [3.8, 4) is 0 Å². The Morgan fingerprint density at radius 2 is 1.85 bits per heavy atom. The molecule has 110 valence electrons. The second-order valence-corrected chi connectivity index (χ2v) is 6.50. The van der Waals surface area contributed by atoms with Gasteiger partial charge in [-0.05, 0) is 45.3 Å². The van der Waals surface area contributed by atoms with Crippen LogP contribution in [0.5, 0.6) is 0 Å². The zero-order chi connectivity index (χ0) is 14.5. The van der Waals surface area contributed by atoms with Crippen molar-refractivity contribution >= 4 is 17.5 Å². The zero-order valence-corrected chi connectivity index (χ0v) is 13.4. The fourth-order valence-corrected chi connectivity index (χ4v) is 3.07. The van der Waals surface area contributed by atoms with Crippen LogP contribution in [-0.2, 0) is 0 Å². The minimum absolute atomic E-state index is 0.237. The van der Waals surface area contributed by atoms with Gasteiger partial charge in [-0.2, -0.15) is 0 Å². The Hall–Kier alpha value is -0.840. The number of ketones is 1. The van der Waals surface area contributed by atoms with E-state index in [1.807, 2.05) is 30.5 Å².